The average Bonchev–Trinajstić information content (AvgIpc) is 2.37. The minimum atomic E-state index is 0.227. The second kappa shape index (κ2) is 6.55. The number of aromatic nitrogens is 1. The highest BCUT2D eigenvalue weighted by molar-refractivity contribution is 5.48. The topological polar surface area (TPSA) is 51.4 Å². The summed E-state index contributed by atoms with van der Waals surface area (Å²) in [6.45, 7) is 10.3. The molecule has 0 bridgehead atoms. The van der Waals surface area contributed by atoms with Gasteiger partial charge in [-0.3, -0.25) is 0 Å². The third-order valence-electron chi connectivity index (χ3n) is 3.85. The second-order valence-corrected chi connectivity index (χ2v) is 6.02. The van der Waals surface area contributed by atoms with E-state index < -0.39 is 0 Å². The number of hydrogen-bond donors (Lipinski definition) is 1. The molecule has 3 atom stereocenters. The lowest BCUT2D eigenvalue weighted by molar-refractivity contribution is -0.00549. The molecule has 0 saturated carbocycles. The smallest absolute Gasteiger partial charge is 0.131 e. The Morgan fingerprint density at radius 3 is 2.60 bits per heavy atom. The van der Waals surface area contributed by atoms with Crippen LogP contribution >= 0.6 is 0 Å². The molecular weight excluding hydrogens is 250 g/mol. The molecule has 0 aromatic carbocycles. The van der Waals surface area contributed by atoms with Crippen LogP contribution in [0.3, 0.4) is 0 Å². The first kappa shape index (κ1) is 15.3. The molecule has 1 aliphatic rings. The number of hydrogen-bond acceptors (Lipinski definition) is 4. The molecule has 1 aromatic rings. The number of ether oxygens (including phenoxy) is 1. The average molecular weight is 277 g/mol. The highest BCUT2D eigenvalue weighted by Gasteiger charge is 2.24. The lowest BCUT2D eigenvalue weighted by Gasteiger charge is -2.36. The Morgan fingerprint density at radius 2 is 2.05 bits per heavy atom. The van der Waals surface area contributed by atoms with Gasteiger partial charge in [0.25, 0.3) is 0 Å². The van der Waals surface area contributed by atoms with Gasteiger partial charge in [-0.05, 0) is 44.7 Å². The van der Waals surface area contributed by atoms with Gasteiger partial charge < -0.3 is 15.4 Å². The molecule has 20 heavy (non-hydrogen) atoms. The molecule has 0 spiro atoms. The van der Waals surface area contributed by atoms with E-state index in [9.17, 15) is 0 Å². The fraction of sp³-hybridized carbons (Fsp3) is 0.688. The molecule has 1 aromatic heterocycles. The van der Waals surface area contributed by atoms with Crippen LogP contribution in [0, 0.1) is 6.92 Å². The molecule has 1 saturated heterocycles. The zero-order valence-corrected chi connectivity index (χ0v) is 13.1. The van der Waals surface area contributed by atoms with Crippen molar-refractivity contribution in [2.24, 2.45) is 5.73 Å². The third-order valence-corrected chi connectivity index (χ3v) is 3.85. The summed E-state index contributed by atoms with van der Waals surface area (Å²) in [6.07, 6.45) is 4.39. The van der Waals surface area contributed by atoms with Gasteiger partial charge in [0.05, 0.1) is 12.2 Å². The molecule has 0 amide bonds. The third kappa shape index (κ3) is 3.70. The van der Waals surface area contributed by atoms with Gasteiger partial charge in [0.1, 0.15) is 5.82 Å². The predicted molar refractivity (Wildman–Crippen MR) is 83.2 cm³/mol. The van der Waals surface area contributed by atoms with Crippen LogP contribution < -0.4 is 10.6 Å². The van der Waals surface area contributed by atoms with Gasteiger partial charge in [0.15, 0.2) is 0 Å². The maximum absolute atomic E-state index is 6.02. The van der Waals surface area contributed by atoms with Gasteiger partial charge in [0, 0.05) is 25.3 Å². The van der Waals surface area contributed by atoms with Gasteiger partial charge in [0.2, 0.25) is 0 Å². The summed E-state index contributed by atoms with van der Waals surface area (Å²) >= 11 is 0. The van der Waals surface area contributed by atoms with Crippen molar-refractivity contribution in [1.29, 1.82) is 0 Å². The molecule has 1 fully saturated rings. The number of morpholine rings is 1. The normalized spacial score (nSPS) is 24.8. The van der Waals surface area contributed by atoms with Crippen LogP contribution in [0.5, 0.6) is 0 Å². The van der Waals surface area contributed by atoms with E-state index in [0.717, 1.165) is 31.7 Å². The lowest BCUT2D eigenvalue weighted by atomic mass is 10.0. The fourth-order valence-electron chi connectivity index (χ4n) is 2.87. The van der Waals surface area contributed by atoms with Crippen LogP contribution in [-0.2, 0) is 11.2 Å². The van der Waals surface area contributed by atoms with Crippen molar-refractivity contribution in [2.75, 3.05) is 18.0 Å². The van der Waals surface area contributed by atoms with E-state index in [4.69, 9.17) is 10.5 Å². The molecule has 2 rings (SSSR count). The molecule has 2 N–H and O–H groups in total. The number of anilines is 1. The molecule has 112 valence electrons. The highest BCUT2D eigenvalue weighted by atomic mass is 16.5. The molecule has 2 heterocycles. The van der Waals surface area contributed by atoms with Crippen molar-refractivity contribution in [3.63, 3.8) is 0 Å². The Labute approximate surface area is 122 Å². The minimum Gasteiger partial charge on any atom is -0.372 e. The largest absolute Gasteiger partial charge is 0.372 e. The Hall–Kier alpha value is -1.13. The van der Waals surface area contributed by atoms with E-state index in [0.29, 0.717) is 0 Å². The van der Waals surface area contributed by atoms with Gasteiger partial charge in [-0.25, -0.2) is 4.98 Å². The van der Waals surface area contributed by atoms with Crippen LogP contribution in [-0.4, -0.2) is 36.3 Å². The van der Waals surface area contributed by atoms with Crippen LogP contribution in [0.1, 0.15) is 38.3 Å². The molecular formula is C16H27N3O. The first-order valence-corrected chi connectivity index (χ1v) is 7.61. The quantitative estimate of drug-likeness (QED) is 0.917. The molecule has 1 unspecified atom stereocenters. The van der Waals surface area contributed by atoms with Crippen LogP contribution in [0.4, 0.5) is 5.82 Å². The summed E-state index contributed by atoms with van der Waals surface area (Å²) in [6, 6.07) is 2.45. The summed E-state index contributed by atoms with van der Waals surface area (Å²) in [5.41, 5.74) is 8.48. The SMILES string of the molecule is CCC(N)Cc1cnc(N2C[C@@H](C)O[C@@H](C)C2)c(C)c1. The minimum absolute atomic E-state index is 0.227. The standard InChI is InChI=1S/C16H27N3O/c1-5-15(17)7-14-6-11(2)16(18-8-14)19-9-12(3)20-13(4)10-19/h6,8,12-13,15H,5,7,9-10,17H2,1-4H3/t12-,13+,15?. The Balaban J connectivity index is 2.13. The molecule has 0 radical (unpaired) electrons. The number of nitrogens with two attached hydrogens (primary N) is 1. The van der Waals surface area contributed by atoms with E-state index in [1.54, 1.807) is 0 Å². The lowest BCUT2D eigenvalue weighted by Crippen LogP contribution is -2.46. The Bertz CT molecular complexity index is 439. The molecule has 0 aliphatic carbocycles. The molecule has 1 aliphatic heterocycles. The van der Waals surface area contributed by atoms with Gasteiger partial charge in [-0.1, -0.05) is 13.0 Å². The van der Waals surface area contributed by atoms with E-state index in [2.05, 4.69) is 43.6 Å². The highest BCUT2D eigenvalue weighted by Crippen LogP contribution is 2.22. The van der Waals surface area contributed by atoms with Crippen molar-refractivity contribution in [3.05, 3.63) is 23.4 Å². The molecule has 4 nitrogen and oxygen atoms in total. The first-order chi connectivity index (χ1) is 9.49. The summed E-state index contributed by atoms with van der Waals surface area (Å²) in [5, 5.41) is 0. The van der Waals surface area contributed by atoms with E-state index >= 15 is 0 Å². The fourth-order valence-corrected chi connectivity index (χ4v) is 2.87. The summed E-state index contributed by atoms with van der Waals surface area (Å²) in [4.78, 5) is 7.00. The summed E-state index contributed by atoms with van der Waals surface area (Å²) in [7, 11) is 0. The second-order valence-electron chi connectivity index (χ2n) is 6.02. The monoisotopic (exact) mass is 277 g/mol. The Morgan fingerprint density at radius 1 is 1.40 bits per heavy atom. The van der Waals surface area contributed by atoms with Gasteiger partial charge in [-0.15, -0.1) is 0 Å². The van der Waals surface area contributed by atoms with Crippen LogP contribution in [0.25, 0.3) is 0 Å². The number of pyridine rings is 1. The van der Waals surface area contributed by atoms with E-state index in [1.807, 2.05) is 6.20 Å². The zero-order chi connectivity index (χ0) is 14.7. The van der Waals surface area contributed by atoms with Gasteiger partial charge in [-0.2, -0.15) is 0 Å². The predicted octanol–water partition coefficient (Wildman–Crippen LogP) is 2.28. The number of aryl methyl sites for hydroxylation is 1. The van der Waals surface area contributed by atoms with Crippen molar-refractivity contribution in [2.45, 2.75) is 58.8 Å². The van der Waals surface area contributed by atoms with Crippen LogP contribution in [0.2, 0.25) is 0 Å². The maximum atomic E-state index is 6.02. The summed E-state index contributed by atoms with van der Waals surface area (Å²) in [5.74, 6) is 1.08. The van der Waals surface area contributed by atoms with Crippen molar-refractivity contribution < 1.29 is 4.74 Å². The van der Waals surface area contributed by atoms with E-state index in [-0.39, 0.29) is 18.2 Å². The Kier molecular flexibility index (Phi) is 5.00. The van der Waals surface area contributed by atoms with Crippen LogP contribution in [0.15, 0.2) is 12.3 Å². The number of rotatable bonds is 4. The number of nitrogens with zero attached hydrogens (tertiary/aromatic N) is 2. The van der Waals surface area contributed by atoms with Gasteiger partial charge >= 0.3 is 0 Å². The maximum Gasteiger partial charge on any atom is 0.131 e. The zero-order valence-electron chi connectivity index (χ0n) is 13.1. The first-order valence-electron chi connectivity index (χ1n) is 7.61. The summed E-state index contributed by atoms with van der Waals surface area (Å²) < 4.78 is 5.78. The molecule has 4 heteroatoms. The van der Waals surface area contributed by atoms with Crippen molar-refractivity contribution in [3.8, 4) is 0 Å². The van der Waals surface area contributed by atoms with Crippen molar-refractivity contribution in [1.82, 2.24) is 4.98 Å². The van der Waals surface area contributed by atoms with E-state index in [1.165, 1.54) is 11.1 Å². The van der Waals surface area contributed by atoms with Crippen molar-refractivity contribution >= 4 is 5.82 Å².